The molecule has 2 rings (SSSR count). The molecule has 1 aliphatic heterocycles. The van der Waals surface area contributed by atoms with Crippen LogP contribution in [0.15, 0.2) is 34.8 Å². The van der Waals surface area contributed by atoms with Gasteiger partial charge in [0.2, 0.25) is 0 Å². The van der Waals surface area contributed by atoms with Gasteiger partial charge in [0, 0.05) is 23.2 Å². The van der Waals surface area contributed by atoms with Crippen LogP contribution in [0.4, 0.5) is 0 Å². The predicted octanol–water partition coefficient (Wildman–Crippen LogP) is 1.84. The molecule has 0 saturated carbocycles. The van der Waals surface area contributed by atoms with E-state index >= 15 is 0 Å². The second kappa shape index (κ2) is 6.88. The van der Waals surface area contributed by atoms with Gasteiger partial charge >= 0.3 is 0 Å². The fourth-order valence-electron chi connectivity index (χ4n) is 1.90. The maximum atomic E-state index is 12.0. The lowest BCUT2D eigenvalue weighted by Crippen LogP contribution is -2.42. The molecule has 0 fully saturated rings. The molecule has 5 nitrogen and oxygen atoms in total. The molecule has 108 valence electrons. The number of rotatable bonds is 5. The van der Waals surface area contributed by atoms with E-state index in [9.17, 15) is 4.79 Å². The molecule has 20 heavy (non-hydrogen) atoms. The summed E-state index contributed by atoms with van der Waals surface area (Å²) in [7, 11) is 1.60. The van der Waals surface area contributed by atoms with Crippen molar-refractivity contribution in [1.29, 1.82) is 0 Å². The first-order valence-corrected chi connectivity index (χ1v) is 7.08. The highest BCUT2D eigenvalue weighted by Crippen LogP contribution is 2.21. The minimum Gasteiger partial charge on any atom is -0.383 e. The van der Waals surface area contributed by atoms with Gasteiger partial charge in [0.05, 0.1) is 12.3 Å². The Morgan fingerprint density at radius 2 is 2.40 bits per heavy atom. The van der Waals surface area contributed by atoms with Crippen molar-refractivity contribution in [2.75, 3.05) is 13.7 Å². The van der Waals surface area contributed by atoms with Crippen LogP contribution in [-0.2, 0) is 14.4 Å². The van der Waals surface area contributed by atoms with E-state index in [2.05, 4.69) is 26.7 Å². The normalized spacial score (nSPS) is 19.1. The first-order valence-electron chi connectivity index (χ1n) is 6.29. The number of benzene rings is 1. The van der Waals surface area contributed by atoms with Crippen molar-refractivity contribution in [3.8, 4) is 0 Å². The van der Waals surface area contributed by atoms with E-state index in [4.69, 9.17) is 9.57 Å². The number of amides is 1. The molecule has 0 saturated heterocycles. The van der Waals surface area contributed by atoms with E-state index in [1.54, 1.807) is 13.2 Å². The van der Waals surface area contributed by atoms with Gasteiger partial charge < -0.3 is 10.1 Å². The highest BCUT2D eigenvalue weighted by atomic mass is 79.9. The van der Waals surface area contributed by atoms with Crippen LogP contribution in [0.25, 0.3) is 5.70 Å². The van der Waals surface area contributed by atoms with Crippen LogP contribution < -0.4 is 10.8 Å². The van der Waals surface area contributed by atoms with Crippen molar-refractivity contribution >= 4 is 27.5 Å². The Kier molecular flexibility index (Phi) is 5.17. The standard InChI is InChI=1S/C14H17BrN2O3/c1-9(8-19-2)16-14(18)13-7-12(17-20-13)10-4-3-5-11(15)6-10/h3-7,9,13,17H,8H2,1-2H3,(H,16,18)/t9-,13+/m1/s1. The second-order valence-corrected chi connectivity index (χ2v) is 5.51. The lowest BCUT2D eigenvalue weighted by Gasteiger charge is -2.14. The summed E-state index contributed by atoms with van der Waals surface area (Å²) in [6.45, 7) is 2.34. The zero-order valence-electron chi connectivity index (χ0n) is 11.4. The Labute approximate surface area is 126 Å². The molecule has 1 aliphatic rings. The van der Waals surface area contributed by atoms with Crippen LogP contribution in [0, 0.1) is 0 Å². The number of hydroxylamine groups is 1. The van der Waals surface area contributed by atoms with Gasteiger partial charge in [-0.1, -0.05) is 28.1 Å². The lowest BCUT2D eigenvalue weighted by molar-refractivity contribution is -0.132. The minimum atomic E-state index is -0.636. The van der Waals surface area contributed by atoms with Gasteiger partial charge in [-0.2, -0.15) is 0 Å². The predicted molar refractivity (Wildman–Crippen MR) is 79.6 cm³/mol. The molecule has 2 N–H and O–H groups in total. The van der Waals surface area contributed by atoms with E-state index in [1.165, 1.54) is 0 Å². The van der Waals surface area contributed by atoms with E-state index in [0.29, 0.717) is 6.61 Å². The van der Waals surface area contributed by atoms with E-state index in [0.717, 1.165) is 15.7 Å². The van der Waals surface area contributed by atoms with Crippen LogP contribution in [0.5, 0.6) is 0 Å². The average Bonchev–Trinajstić information content (AvgIpc) is 2.88. The van der Waals surface area contributed by atoms with Gasteiger partial charge in [-0.05, 0) is 25.1 Å². The SMILES string of the molecule is COC[C@@H](C)NC(=O)[C@@H]1C=C(c2cccc(Br)c2)NO1. The Balaban J connectivity index is 2.01. The van der Waals surface area contributed by atoms with Crippen LogP contribution in [0.3, 0.4) is 0 Å². The molecule has 1 aromatic carbocycles. The highest BCUT2D eigenvalue weighted by molar-refractivity contribution is 9.10. The summed E-state index contributed by atoms with van der Waals surface area (Å²) in [6.07, 6.45) is 1.12. The Morgan fingerprint density at radius 3 is 3.10 bits per heavy atom. The van der Waals surface area contributed by atoms with Gasteiger partial charge in [-0.3, -0.25) is 15.1 Å². The number of hydrogen-bond donors (Lipinski definition) is 2. The monoisotopic (exact) mass is 340 g/mol. The molecular weight excluding hydrogens is 324 g/mol. The maximum Gasteiger partial charge on any atom is 0.256 e. The summed E-state index contributed by atoms with van der Waals surface area (Å²) in [6, 6.07) is 7.71. The summed E-state index contributed by atoms with van der Waals surface area (Å²) in [5.74, 6) is -0.188. The molecule has 2 atom stereocenters. The van der Waals surface area contributed by atoms with Crippen molar-refractivity contribution in [2.45, 2.75) is 19.1 Å². The number of halogens is 1. The Hall–Kier alpha value is -1.37. The Bertz CT molecular complexity index is 519. The van der Waals surface area contributed by atoms with E-state index < -0.39 is 6.10 Å². The first kappa shape index (κ1) is 15.0. The number of ether oxygens (including phenoxy) is 1. The molecule has 0 spiro atoms. The van der Waals surface area contributed by atoms with Gasteiger partial charge in [0.25, 0.3) is 5.91 Å². The summed E-state index contributed by atoms with van der Waals surface area (Å²) in [5.41, 5.74) is 4.53. The Morgan fingerprint density at radius 1 is 1.60 bits per heavy atom. The summed E-state index contributed by atoms with van der Waals surface area (Å²) < 4.78 is 5.95. The lowest BCUT2D eigenvalue weighted by atomic mass is 10.1. The molecule has 6 heteroatoms. The number of hydrogen-bond acceptors (Lipinski definition) is 4. The van der Waals surface area contributed by atoms with Crippen molar-refractivity contribution < 1.29 is 14.4 Å². The van der Waals surface area contributed by atoms with Gasteiger partial charge in [0.1, 0.15) is 0 Å². The molecule has 1 aromatic rings. The topological polar surface area (TPSA) is 59.6 Å². The van der Waals surface area contributed by atoms with Crippen LogP contribution in [0.1, 0.15) is 12.5 Å². The average molecular weight is 341 g/mol. The molecular formula is C14H17BrN2O3. The third-order valence-corrected chi connectivity index (χ3v) is 3.31. The molecule has 0 aliphatic carbocycles. The minimum absolute atomic E-state index is 0.0561. The summed E-state index contributed by atoms with van der Waals surface area (Å²) in [4.78, 5) is 17.3. The van der Waals surface area contributed by atoms with Crippen LogP contribution in [-0.4, -0.2) is 31.8 Å². The first-order chi connectivity index (χ1) is 9.60. The summed E-state index contributed by atoms with van der Waals surface area (Å²) in [5, 5.41) is 2.82. The number of nitrogens with one attached hydrogen (secondary N) is 2. The van der Waals surface area contributed by atoms with Crippen molar-refractivity contribution in [2.24, 2.45) is 0 Å². The number of carbonyl (C=O) groups is 1. The van der Waals surface area contributed by atoms with Gasteiger partial charge in [-0.25, -0.2) is 0 Å². The molecule has 0 aromatic heterocycles. The van der Waals surface area contributed by atoms with E-state index in [1.807, 2.05) is 31.2 Å². The third-order valence-electron chi connectivity index (χ3n) is 2.81. The van der Waals surface area contributed by atoms with Crippen LogP contribution >= 0.6 is 15.9 Å². The van der Waals surface area contributed by atoms with E-state index in [-0.39, 0.29) is 11.9 Å². The number of carbonyl (C=O) groups excluding carboxylic acids is 1. The van der Waals surface area contributed by atoms with Crippen molar-refractivity contribution in [1.82, 2.24) is 10.8 Å². The van der Waals surface area contributed by atoms with Gasteiger partial charge in [0.15, 0.2) is 6.10 Å². The van der Waals surface area contributed by atoms with Crippen molar-refractivity contribution in [3.05, 3.63) is 40.4 Å². The molecule has 0 radical (unpaired) electrons. The highest BCUT2D eigenvalue weighted by Gasteiger charge is 2.25. The third kappa shape index (κ3) is 3.82. The fourth-order valence-corrected chi connectivity index (χ4v) is 2.30. The quantitative estimate of drug-likeness (QED) is 0.858. The fraction of sp³-hybridized carbons (Fsp3) is 0.357. The zero-order chi connectivity index (χ0) is 14.5. The maximum absolute atomic E-state index is 12.0. The van der Waals surface area contributed by atoms with Gasteiger partial charge in [-0.15, -0.1) is 0 Å². The molecule has 0 bridgehead atoms. The summed E-state index contributed by atoms with van der Waals surface area (Å²) >= 11 is 3.41. The smallest absolute Gasteiger partial charge is 0.256 e. The second-order valence-electron chi connectivity index (χ2n) is 4.60. The molecule has 0 unspecified atom stereocenters. The molecule has 1 amide bonds. The largest absolute Gasteiger partial charge is 0.383 e. The molecule has 1 heterocycles. The zero-order valence-corrected chi connectivity index (χ0v) is 12.9. The van der Waals surface area contributed by atoms with Crippen molar-refractivity contribution in [3.63, 3.8) is 0 Å². The number of methoxy groups -OCH3 is 1. The van der Waals surface area contributed by atoms with Crippen LogP contribution in [0.2, 0.25) is 0 Å².